The van der Waals surface area contributed by atoms with Crippen molar-refractivity contribution in [1.82, 2.24) is 0 Å². The number of halogens is 1. The first kappa shape index (κ1) is 14.2. The van der Waals surface area contributed by atoms with Crippen LogP contribution in [0.3, 0.4) is 0 Å². The minimum atomic E-state index is -0.0243. The fourth-order valence-electron chi connectivity index (χ4n) is 1.07. The van der Waals surface area contributed by atoms with Crippen molar-refractivity contribution >= 4 is 11.6 Å². The topological polar surface area (TPSA) is 9.23 Å². The van der Waals surface area contributed by atoms with Crippen LogP contribution < -0.4 is 0 Å². The second-order valence-corrected chi connectivity index (χ2v) is 6.46. The fourth-order valence-corrected chi connectivity index (χ4v) is 1.23. The van der Waals surface area contributed by atoms with Gasteiger partial charge < -0.3 is 4.74 Å². The number of alkyl halides is 1. The van der Waals surface area contributed by atoms with Gasteiger partial charge in [-0.1, -0.05) is 20.8 Å². The molecule has 0 amide bonds. The lowest BCUT2D eigenvalue weighted by Crippen LogP contribution is -2.23. The lowest BCUT2D eigenvalue weighted by atomic mass is 9.89. The highest BCUT2D eigenvalue weighted by molar-refractivity contribution is 6.21. The Kier molecular flexibility index (Phi) is 5.46. The van der Waals surface area contributed by atoms with Crippen LogP contribution in [-0.4, -0.2) is 17.6 Å². The zero-order chi connectivity index (χ0) is 11.4. The molecule has 0 aromatic rings. The predicted molar refractivity (Wildman–Crippen MR) is 64.0 cm³/mol. The highest BCUT2D eigenvalue weighted by atomic mass is 35.5. The molecule has 0 aromatic heterocycles. The van der Waals surface area contributed by atoms with Gasteiger partial charge in [0.05, 0.1) is 5.60 Å². The molecule has 0 N–H and O–H groups in total. The average molecular weight is 221 g/mol. The molecular weight excluding hydrogens is 196 g/mol. The van der Waals surface area contributed by atoms with E-state index in [0.29, 0.717) is 0 Å². The van der Waals surface area contributed by atoms with E-state index < -0.39 is 0 Å². The first-order valence-electron chi connectivity index (χ1n) is 5.41. The number of rotatable bonds is 4. The fraction of sp³-hybridized carbons (Fsp3) is 1.00. The third kappa shape index (κ3) is 7.64. The predicted octanol–water partition coefficient (Wildman–Crippen LogP) is 4.24. The lowest BCUT2D eigenvalue weighted by Gasteiger charge is -2.26. The van der Waals surface area contributed by atoms with Crippen LogP contribution in [0, 0.1) is 5.41 Å². The van der Waals surface area contributed by atoms with Crippen molar-refractivity contribution in [1.29, 1.82) is 0 Å². The first-order chi connectivity index (χ1) is 6.13. The maximum Gasteiger partial charge on any atom is 0.0598 e. The van der Waals surface area contributed by atoms with Gasteiger partial charge in [-0.25, -0.2) is 0 Å². The summed E-state index contributed by atoms with van der Waals surface area (Å²) < 4.78 is 5.63. The van der Waals surface area contributed by atoms with Crippen molar-refractivity contribution < 1.29 is 4.74 Å². The summed E-state index contributed by atoms with van der Waals surface area (Å²) in [5.41, 5.74) is 0.173. The van der Waals surface area contributed by atoms with Gasteiger partial charge >= 0.3 is 0 Å². The summed E-state index contributed by atoms with van der Waals surface area (Å²) in [6.45, 7) is 13.6. The molecule has 0 heterocycles. The van der Waals surface area contributed by atoms with E-state index in [1.807, 2.05) is 0 Å². The Hall–Kier alpha value is 0.250. The van der Waals surface area contributed by atoms with E-state index in [2.05, 4.69) is 41.5 Å². The van der Waals surface area contributed by atoms with Crippen LogP contribution in [0.1, 0.15) is 54.4 Å². The highest BCUT2D eigenvalue weighted by Crippen LogP contribution is 2.28. The average Bonchev–Trinajstić information content (AvgIpc) is 1.93. The summed E-state index contributed by atoms with van der Waals surface area (Å²) in [7, 11) is 0. The summed E-state index contributed by atoms with van der Waals surface area (Å²) in [6.07, 6.45) is 2.07. The highest BCUT2D eigenvalue weighted by Gasteiger charge is 2.21. The molecule has 1 nitrogen and oxygen atoms in total. The SMILES string of the molecule is CC(C)(C)OCCCC(Cl)C(C)(C)C. The van der Waals surface area contributed by atoms with Gasteiger partial charge in [-0.3, -0.25) is 0 Å². The Balaban J connectivity index is 3.56. The van der Waals surface area contributed by atoms with E-state index in [-0.39, 0.29) is 16.4 Å². The van der Waals surface area contributed by atoms with Gasteiger partial charge in [0.1, 0.15) is 0 Å². The van der Waals surface area contributed by atoms with Gasteiger partial charge in [-0.15, -0.1) is 11.6 Å². The van der Waals surface area contributed by atoms with Crippen LogP contribution in [0.2, 0.25) is 0 Å². The maximum absolute atomic E-state index is 6.25. The molecule has 0 bridgehead atoms. The van der Waals surface area contributed by atoms with Crippen molar-refractivity contribution in [2.45, 2.75) is 65.4 Å². The minimum absolute atomic E-state index is 0.0243. The van der Waals surface area contributed by atoms with Crippen molar-refractivity contribution in [2.24, 2.45) is 5.41 Å². The maximum atomic E-state index is 6.25. The summed E-state index contributed by atoms with van der Waals surface area (Å²) in [5, 5.41) is 0.242. The summed E-state index contributed by atoms with van der Waals surface area (Å²) in [6, 6.07) is 0. The monoisotopic (exact) mass is 220 g/mol. The third-order valence-electron chi connectivity index (χ3n) is 2.08. The molecule has 86 valence electrons. The van der Waals surface area contributed by atoms with Crippen LogP contribution in [0.25, 0.3) is 0 Å². The van der Waals surface area contributed by atoms with Gasteiger partial charge in [0.2, 0.25) is 0 Å². The van der Waals surface area contributed by atoms with Crippen molar-refractivity contribution in [3.63, 3.8) is 0 Å². The number of hydrogen-bond donors (Lipinski definition) is 0. The van der Waals surface area contributed by atoms with E-state index in [1.54, 1.807) is 0 Å². The summed E-state index contributed by atoms with van der Waals surface area (Å²) in [5.74, 6) is 0. The second-order valence-electron chi connectivity index (χ2n) is 5.94. The Morgan fingerprint density at radius 3 is 1.93 bits per heavy atom. The second kappa shape index (κ2) is 5.37. The molecule has 0 fully saturated rings. The van der Waals surface area contributed by atoms with Gasteiger partial charge in [0.25, 0.3) is 0 Å². The summed E-state index contributed by atoms with van der Waals surface area (Å²) >= 11 is 6.25. The first-order valence-corrected chi connectivity index (χ1v) is 5.84. The molecule has 1 atom stereocenters. The van der Waals surface area contributed by atoms with Gasteiger partial charge in [-0.05, 0) is 39.0 Å². The normalized spacial score (nSPS) is 15.6. The van der Waals surface area contributed by atoms with E-state index in [9.17, 15) is 0 Å². The molecule has 0 rings (SSSR count). The number of ether oxygens (including phenoxy) is 1. The quantitative estimate of drug-likeness (QED) is 0.509. The van der Waals surface area contributed by atoms with Gasteiger partial charge in [-0.2, -0.15) is 0 Å². The van der Waals surface area contributed by atoms with Crippen LogP contribution in [-0.2, 0) is 4.74 Å². The van der Waals surface area contributed by atoms with E-state index in [4.69, 9.17) is 16.3 Å². The molecule has 0 spiro atoms. The molecule has 0 saturated carbocycles. The molecule has 1 unspecified atom stereocenters. The van der Waals surface area contributed by atoms with Crippen molar-refractivity contribution in [3.8, 4) is 0 Å². The molecule has 0 radical (unpaired) electrons. The van der Waals surface area contributed by atoms with E-state index >= 15 is 0 Å². The van der Waals surface area contributed by atoms with Crippen LogP contribution in [0.4, 0.5) is 0 Å². The number of hydrogen-bond acceptors (Lipinski definition) is 1. The molecule has 0 aliphatic rings. The standard InChI is InChI=1S/C12H25ClO/c1-11(2,3)10(13)8-7-9-14-12(4,5)6/h10H,7-9H2,1-6H3. The van der Waals surface area contributed by atoms with Crippen molar-refractivity contribution in [2.75, 3.05) is 6.61 Å². The van der Waals surface area contributed by atoms with Crippen molar-refractivity contribution in [3.05, 3.63) is 0 Å². The molecular formula is C12H25ClO. The Labute approximate surface area is 94.2 Å². The van der Waals surface area contributed by atoms with E-state index in [1.165, 1.54) is 0 Å². The zero-order valence-electron chi connectivity index (χ0n) is 10.5. The Bertz CT molecular complexity index is 153. The van der Waals surface area contributed by atoms with Crippen LogP contribution >= 0.6 is 11.6 Å². The largest absolute Gasteiger partial charge is 0.376 e. The lowest BCUT2D eigenvalue weighted by molar-refractivity contribution is -0.00519. The molecule has 14 heavy (non-hydrogen) atoms. The van der Waals surface area contributed by atoms with Gasteiger partial charge in [0.15, 0.2) is 0 Å². The van der Waals surface area contributed by atoms with E-state index in [0.717, 1.165) is 19.4 Å². The molecule has 0 aliphatic heterocycles. The Morgan fingerprint density at radius 2 is 1.57 bits per heavy atom. The summed E-state index contributed by atoms with van der Waals surface area (Å²) in [4.78, 5) is 0. The zero-order valence-corrected chi connectivity index (χ0v) is 11.2. The van der Waals surface area contributed by atoms with Crippen LogP contribution in [0.5, 0.6) is 0 Å². The Morgan fingerprint density at radius 1 is 1.07 bits per heavy atom. The third-order valence-corrected chi connectivity index (χ3v) is 2.95. The van der Waals surface area contributed by atoms with Crippen LogP contribution in [0.15, 0.2) is 0 Å². The minimum Gasteiger partial charge on any atom is -0.376 e. The van der Waals surface area contributed by atoms with Gasteiger partial charge in [0, 0.05) is 12.0 Å². The molecule has 2 heteroatoms. The molecule has 0 saturated heterocycles. The molecule has 0 aliphatic carbocycles. The molecule has 0 aromatic carbocycles. The smallest absolute Gasteiger partial charge is 0.0598 e.